The van der Waals surface area contributed by atoms with Gasteiger partial charge in [-0.3, -0.25) is 0 Å². The van der Waals surface area contributed by atoms with Crippen molar-refractivity contribution in [3.63, 3.8) is 0 Å². The Morgan fingerprint density at radius 2 is 1.78 bits per heavy atom. The molecule has 0 aromatic rings. The zero-order chi connectivity index (χ0) is 19.6. The minimum Gasteiger partial charge on any atom is -0.617 e. The van der Waals surface area contributed by atoms with E-state index in [4.69, 9.17) is 0 Å². The van der Waals surface area contributed by atoms with Crippen LogP contribution in [0.25, 0.3) is 0 Å². The van der Waals surface area contributed by atoms with Crippen LogP contribution in [-0.2, 0) is 11.2 Å². The highest BCUT2D eigenvalue weighted by Crippen LogP contribution is 2.72. The van der Waals surface area contributed by atoms with E-state index >= 15 is 0 Å². The molecular weight excluding hydrogens is 354 g/mol. The molecule has 1 unspecified atom stereocenters. The van der Waals surface area contributed by atoms with Crippen molar-refractivity contribution >= 4 is 11.2 Å². The van der Waals surface area contributed by atoms with Crippen LogP contribution >= 0.6 is 0 Å². The maximum absolute atomic E-state index is 12.0. The van der Waals surface area contributed by atoms with Gasteiger partial charge in [0.1, 0.15) is 5.75 Å². The third-order valence-corrected chi connectivity index (χ3v) is 10.6. The van der Waals surface area contributed by atoms with E-state index < -0.39 is 11.2 Å². The van der Waals surface area contributed by atoms with E-state index in [-0.39, 0.29) is 17.4 Å². The zero-order valence-electron chi connectivity index (χ0n) is 18.2. The molecule has 9 atom stereocenters. The number of aliphatic hydroxyl groups excluding tert-OH is 1. The minimum atomic E-state index is -0.804. The van der Waals surface area contributed by atoms with Crippen LogP contribution in [0, 0.1) is 39.9 Å². The molecule has 2 bridgehead atoms. The average Bonchev–Trinajstić information content (AvgIpc) is 2.56. The van der Waals surface area contributed by atoms with E-state index in [0.29, 0.717) is 28.4 Å². The fraction of sp³-hybridized carbons (Fsp3) is 1.00. The Hall–Kier alpha value is 0.230. The summed E-state index contributed by atoms with van der Waals surface area (Å²) in [7, 11) is 4.45. The van der Waals surface area contributed by atoms with Gasteiger partial charge in [0.2, 0.25) is 0 Å². The molecule has 27 heavy (non-hydrogen) atoms. The van der Waals surface area contributed by atoms with Crippen LogP contribution in [0.15, 0.2) is 0 Å². The second kappa shape index (κ2) is 6.89. The summed E-state index contributed by atoms with van der Waals surface area (Å²) in [5, 5.41) is 11.5. The van der Waals surface area contributed by atoms with Gasteiger partial charge < -0.3 is 14.6 Å². The van der Waals surface area contributed by atoms with E-state index in [1.54, 1.807) is 0 Å². The highest BCUT2D eigenvalue weighted by Gasteiger charge is 2.67. The molecule has 1 spiro atoms. The van der Waals surface area contributed by atoms with Gasteiger partial charge in [-0.2, -0.15) is 0 Å². The van der Waals surface area contributed by atoms with Crippen LogP contribution in [0.4, 0.5) is 0 Å². The maximum atomic E-state index is 12.0. The second-order valence-electron chi connectivity index (χ2n) is 11.5. The Labute approximate surface area is 169 Å². The smallest absolute Gasteiger partial charge is 0.110 e. The normalized spacial score (nSPS) is 53.1. The SMILES string of the molecule is CN(C)C[C@]1(C)CCC[C@]2(C)[C@@H]1CC[C@@]13CC[C@@H](C[C@@H]21)[C@H](C[S+](C)[O-])[C@H]3O. The summed E-state index contributed by atoms with van der Waals surface area (Å²) < 4.78 is 12.0. The Balaban J connectivity index is 1.66. The fourth-order valence-electron chi connectivity index (χ4n) is 9.02. The molecule has 3 nitrogen and oxygen atoms in total. The highest BCUT2D eigenvalue weighted by atomic mass is 32.2. The summed E-state index contributed by atoms with van der Waals surface area (Å²) in [5.74, 6) is 3.02. The molecule has 4 heteroatoms. The molecule has 0 aromatic heterocycles. The van der Waals surface area contributed by atoms with Gasteiger partial charge in [0.15, 0.2) is 0 Å². The molecule has 156 valence electrons. The van der Waals surface area contributed by atoms with Crippen molar-refractivity contribution in [3.8, 4) is 0 Å². The summed E-state index contributed by atoms with van der Waals surface area (Å²) in [4.78, 5) is 2.39. The summed E-state index contributed by atoms with van der Waals surface area (Å²) in [6, 6.07) is 0. The zero-order valence-corrected chi connectivity index (χ0v) is 19.0. The number of aliphatic hydroxyl groups is 1. The molecule has 0 radical (unpaired) electrons. The van der Waals surface area contributed by atoms with Crippen molar-refractivity contribution < 1.29 is 9.66 Å². The minimum absolute atomic E-state index is 0.112. The van der Waals surface area contributed by atoms with E-state index in [2.05, 4.69) is 32.8 Å². The van der Waals surface area contributed by atoms with Gasteiger partial charge in [0.05, 0.1) is 12.4 Å². The van der Waals surface area contributed by atoms with Crippen LogP contribution in [0.3, 0.4) is 0 Å². The first kappa shape index (κ1) is 20.5. The van der Waals surface area contributed by atoms with Crippen LogP contribution in [0.1, 0.15) is 65.2 Å². The van der Waals surface area contributed by atoms with E-state index in [1.165, 1.54) is 57.9 Å². The number of fused-ring (bicyclic) bond motifs is 3. The van der Waals surface area contributed by atoms with Gasteiger partial charge in [0, 0.05) is 17.9 Å². The van der Waals surface area contributed by atoms with Gasteiger partial charge >= 0.3 is 0 Å². The van der Waals surface area contributed by atoms with Gasteiger partial charge in [-0.1, -0.05) is 31.4 Å². The van der Waals surface area contributed by atoms with Crippen LogP contribution in [0.2, 0.25) is 0 Å². The standard InChI is InChI=1S/C23H41NO2S/c1-21(15-24(3)4)9-6-10-22(2)18(21)8-12-23-11-7-16(13-19(22)23)17(20(23)25)14-27(5)26/h16-20,25H,6-15H2,1-5H3/t16-,17-,18+,19-,20+,21-,22+,23-,27?/m0/s1. The Bertz CT molecular complexity index is 569. The predicted molar refractivity (Wildman–Crippen MR) is 113 cm³/mol. The molecule has 0 aromatic carbocycles. The first-order chi connectivity index (χ1) is 12.6. The van der Waals surface area contributed by atoms with Gasteiger partial charge in [0.25, 0.3) is 0 Å². The van der Waals surface area contributed by atoms with Crippen LogP contribution in [0.5, 0.6) is 0 Å². The molecular formula is C23H41NO2S. The van der Waals surface area contributed by atoms with Crippen molar-refractivity contribution in [2.24, 2.45) is 39.9 Å². The molecule has 0 amide bonds. The van der Waals surface area contributed by atoms with Crippen molar-refractivity contribution in [1.29, 1.82) is 0 Å². The van der Waals surface area contributed by atoms with E-state index in [1.807, 2.05) is 6.26 Å². The lowest BCUT2D eigenvalue weighted by atomic mass is 9.35. The molecule has 0 saturated heterocycles. The molecule has 0 aliphatic heterocycles. The summed E-state index contributed by atoms with van der Waals surface area (Å²) >= 11 is -0.804. The van der Waals surface area contributed by atoms with Gasteiger partial charge in [-0.15, -0.1) is 0 Å². The van der Waals surface area contributed by atoms with Crippen molar-refractivity contribution in [3.05, 3.63) is 0 Å². The van der Waals surface area contributed by atoms with Crippen molar-refractivity contribution in [2.75, 3.05) is 32.6 Å². The highest BCUT2D eigenvalue weighted by molar-refractivity contribution is 7.90. The Morgan fingerprint density at radius 3 is 2.44 bits per heavy atom. The van der Waals surface area contributed by atoms with Crippen molar-refractivity contribution in [2.45, 2.75) is 71.3 Å². The number of nitrogens with zero attached hydrogens (tertiary/aromatic N) is 1. The topological polar surface area (TPSA) is 46.5 Å². The second-order valence-corrected chi connectivity index (χ2v) is 13.0. The average molecular weight is 396 g/mol. The van der Waals surface area contributed by atoms with E-state index in [0.717, 1.165) is 5.92 Å². The number of hydrogen-bond acceptors (Lipinski definition) is 3. The third-order valence-electron chi connectivity index (χ3n) is 9.71. The predicted octanol–water partition coefficient (Wildman–Crippen LogP) is 3.93. The molecule has 5 saturated carbocycles. The number of rotatable bonds is 4. The van der Waals surface area contributed by atoms with Crippen LogP contribution in [-0.4, -0.2) is 53.3 Å². The first-order valence-electron chi connectivity index (χ1n) is 11.3. The van der Waals surface area contributed by atoms with Crippen molar-refractivity contribution in [1.82, 2.24) is 4.90 Å². The summed E-state index contributed by atoms with van der Waals surface area (Å²) in [5.41, 5.74) is 0.891. The quantitative estimate of drug-likeness (QED) is 0.734. The van der Waals surface area contributed by atoms with Gasteiger partial charge in [-0.25, -0.2) is 0 Å². The van der Waals surface area contributed by atoms with Crippen LogP contribution < -0.4 is 0 Å². The van der Waals surface area contributed by atoms with Gasteiger partial charge in [-0.05, 0) is 87.6 Å². The summed E-state index contributed by atoms with van der Waals surface area (Å²) in [6.07, 6.45) is 11.9. The molecule has 5 aliphatic rings. The lowest BCUT2D eigenvalue weighted by Crippen LogP contribution is -2.67. The molecule has 5 fully saturated rings. The largest absolute Gasteiger partial charge is 0.617 e. The summed E-state index contributed by atoms with van der Waals surface area (Å²) in [6.45, 7) is 6.33. The lowest BCUT2D eigenvalue weighted by Gasteiger charge is -2.70. The molecule has 5 rings (SSSR count). The molecule has 0 heterocycles. The fourth-order valence-corrected chi connectivity index (χ4v) is 10.0. The molecule has 1 N–H and O–H groups in total. The number of hydrogen-bond donors (Lipinski definition) is 1. The third kappa shape index (κ3) is 3.04. The van der Waals surface area contributed by atoms with E-state index in [9.17, 15) is 9.66 Å². The Kier molecular flexibility index (Phi) is 5.23. The first-order valence-corrected chi connectivity index (χ1v) is 13.0. The molecule has 5 aliphatic carbocycles. The Morgan fingerprint density at radius 1 is 1.07 bits per heavy atom. The maximum Gasteiger partial charge on any atom is 0.110 e. The monoisotopic (exact) mass is 395 g/mol. The lowest BCUT2D eigenvalue weighted by molar-refractivity contribution is -0.241.